The van der Waals surface area contributed by atoms with Gasteiger partial charge in [0.2, 0.25) is 0 Å². The van der Waals surface area contributed by atoms with Gasteiger partial charge >= 0.3 is 6.18 Å². The summed E-state index contributed by atoms with van der Waals surface area (Å²) in [5.41, 5.74) is 2.37. The standard InChI is InChI=1S/C18H13F3N4S/c1-11-16(14-10-22-15-4-2-3-9-25(14)15)24-17(26-11)23-13-7-5-12(6-8-13)18(19,20)21/h2-10H,1H3,(H,23,24). The van der Waals surface area contributed by atoms with Gasteiger partial charge in [-0.3, -0.25) is 4.40 Å². The molecule has 3 aromatic heterocycles. The number of rotatable bonds is 3. The Balaban J connectivity index is 1.63. The van der Waals surface area contributed by atoms with E-state index in [-0.39, 0.29) is 0 Å². The van der Waals surface area contributed by atoms with Gasteiger partial charge in [0, 0.05) is 16.8 Å². The predicted molar refractivity (Wildman–Crippen MR) is 95.8 cm³/mol. The molecule has 0 saturated heterocycles. The monoisotopic (exact) mass is 374 g/mol. The summed E-state index contributed by atoms with van der Waals surface area (Å²) in [6, 6.07) is 10.6. The normalized spacial score (nSPS) is 11.8. The predicted octanol–water partition coefficient (Wildman–Crippen LogP) is 5.53. The molecule has 3 heterocycles. The van der Waals surface area contributed by atoms with Crippen molar-refractivity contribution >= 4 is 27.8 Å². The maximum Gasteiger partial charge on any atom is 0.416 e. The van der Waals surface area contributed by atoms with Gasteiger partial charge in [-0.1, -0.05) is 6.07 Å². The van der Waals surface area contributed by atoms with Crippen LogP contribution in [0.5, 0.6) is 0 Å². The fourth-order valence-electron chi connectivity index (χ4n) is 2.66. The number of nitrogens with zero attached hydrogens (tertiary/aromatic N) is 3. The molecule has 4 nitrogen and oxygen atoms in total. The summed E-state index contributed by atoms with van der Waals surface area (Å²) in [7, 11) is 0. The Morgan fingerprint density at radius 1 is 1.08 bits per heavy atom. The van der Waals surface area contributed by atoms with Crippen LogP contribution in [0.4, 0.5) is 24.0 Å². The third-order valence-corrected chi connectivity index (χ3v) is 4.81. The second-order valence-corrected chi connectivity index (χ2v) is 6.90. The van der Waals surface area contributed by atoms with E-state index in [0.717, 1.165) is 34.0 Å². The van der Waals surface area contributed by atoms with E-state index < -0.39 is 11.7 Å². The number of hydrogen-bond donors (Lipinski definition) is 1. The van der Waals surface area contributed by atoms with Crippen LogP contribution in [-0.4, -0.2) is 14.4 Å². The summed E-state index contributed by atoms with van der Waals surface area (Å²) in [5.74, 6) is 0. The maximum absolute atomic E-state index is 12.6. The fourth-order valence-corrected chi connectivity index (χ4v) is 3.50. The number of alkyl halides is 3. The lowest BCUT2D eigenvalue weighted by Crippen LogP contribution is -2.04. The highest BCUT2D eigenvalue weighted by Crippen LogP contribution is 2.34. The van der Waals surface area contributed by atoms with Crippen molar-refractivity contribution in [3.8, 4) is 11.4 Å². The van der Waals surface area contributed by atoms with Crippen LogP contribution in [0.25, 0.3) is 17.0 Å². The van der Waals surface area contributed by atoms with Gasteiger partial charge < -0.3 is 5.32 Å². The molecule has 0 spiro atoms. The number of pyridine rings is 1. The molecular weight excluding hydrogens is 361 g/mol. The molecule has 26 heavy (non-hydrogen) atoms. The zero-order chi connectivity index (χ0) is 18.3. The van der Waals surface area contributed by atoms with E-state index in [1.54, 1.807) is 6.20 Å². The molecule has 0 unspecified atom stereocenters. The van der Waals surface area contributed by atoms with Crippen LogP contribution in [0, 0.1) is 6.92 Å². The van der Waals surface area contributed by atoms with Crippen LogP contribution in [0.2, 0.25) is 0 Å². The Kier molecular flexibility index (Phi) is 3.91. The maximum atomic E-state index is 12.6. The molecular formula is C18H13F3N4S. The lowest BCUT2D eigenvalue weighted by molar-refractivity contribution is -0.137. The van der Waals surface area contributed by atoms with Gasteiger partial charge in [0.05, 0.1) is 17.5 Å². The average Bonchev–Trinajstić information content (AvgIpc) is 3.17. The molecule has 0 aliphatic carbocycles. The smallest absolute Gasteiger partial charge is 0.332 e. The van der Waals surface area contributed by atoms with E-state index in [1.165, 1.54) is 23.5 Å². The Bertz CT molecular complexity index is 1060. The molecule has 0 fully saturated rings. The first-order valence-corrected chi connectivity index (χ1v) is 8.57. The molecule has 0 aliphatic rings. The van der Waals surface area contributed by atoms with Crippen molar-refractivity contribution in [3.05, 3.63) is 65.3 Å². The number of thiazole rings is 1. The van der Waals surface area contributed by atoms with Crippen LogP contribution in [-0.2, 0) is 6.18 Å². The van der Waals surface area contributed by atoms with Crippen LogP contribution >= 0.6 is 11.3 Å². The van der Waals surface area contributed by atoms with Crippen molar-refractivity contribution in [2.45, 2.75) is 13.1 Å². The average molecular weight is 374 g/mol. The number of anilines is 2. The Hall–Kier alpha value is -2.87. The van der Waals surface area contributed by atoms with Gasteiger partial charge in [-0.05, 0) is 43.3 Å². The van der Waals surface area contributed by atoms with Gasteiger partial charge in [-0.15, -0.1) is 11.3 Å². The quantitative estimate of drug-likeness (QED) is 0.513. The van der Waals surface area contributed by atoms with E-state index in [2.05, 4.69) is 15.3 Å². The SMILES string of the molecule is Cc1sc(Nc2ccc(C(F)(F)F)cc2)nc1-c1cnc2ccccn12. The number of hydrogen-bond acceptors (Lipinski definition) is 4. The van der Waals surface area contributed by atoms with E-state index in [1.807, 2.05) is 35.7 Å². The van der Waals surface area contributed by atoms with Crippen molar-refractivity contribution in [2.24, 2.45) is 0 Å². The first-order chi connectivity index (χ1) is 12.4. The van der Waals surface area contributed by atoms with Gasteiger partial charge in [-0.25, -0.2) is 9.97 Å². The first-order valence-electron chi connectivity index (χ1n) is 7.76. The molecule has 4 aromatic rings. The highest BCUT2D eigenvalue weighted by molar-refractivity contribution is 7.16. The summed E-state index contributed by atoms with van der Waals surface area (Å²) in [6.45, 7) is 1.95. The summed E-state index contributed by atoms with van der Waals surface area (Å²) >= 11 is 1.44. The summed E-state index contributed by atoms with van der Waals surface area (Å²) in [4.78, 5) is 9.95. The zero-order valence-electron chi connectivity index (χ0n) is 13.6. The molecule has 0 saturated carbocycles. The minimum atomic E-state index is -4.34. The number of aromatic nitrogens is 3. The first kappa shape index (κ1) is 16.6. The lowest BCUT2D eigenvalue weighted by Gasteiger charge is -2.07. The zero-order valence-corrected chi connectivity index (χ0v) is 14.4. The summed E-state index contributed by atoms with van der Waals surface area (Å²) in [5, 5.41) is 3.68. The Morgan fingerprint density at radius 3 is 2.58 bits per heavy atom. The highest BCUT2D eigenvalue weighted by atomic mass is 32.1. The molecule has 0 atom stereocenters. The van der Waals surface area contributed by atoms with Gasteiger partial charge in [-0.2, -0.15) is 13.2 Å². The van der Waals surface area contributed by atoms with Crippen LogP contribution in [0.1, 0.15) is 10.4 Å². The Morgan fingerprint density at radius 2 is 1.85 bits per heavy atom. The number of benzene rings is 1. The summed E-state index contributed by atoms with van der Waals surface area (Å²) < 4.78 is 39.9. The van der Waals surface area contributed by atoms with Crippen molar-refractivity contribution in [1.82, 2.24) is 14.4 Å². The third-order valence-electron chi connectivity index (χ3n) is 3.92. The van der Waals surface area contributed by atoms with E-state index >= 15 is 0 Å². The molecule has 1 N–H and O–H groups in total. The molecule has 0 radical (unpaired) electrons. The van der Waals surface area contributed by atoms with Crippen molar-refractivity contribution in [3.63, 3.8) is 0 Å². The van der Waals surface area contributed by atoms with Crippen LogP contribution in [0.3, 0.4) is 0 Å². The van der Waals surface area contributed by atoms with E-state index in [9.17, 15) is 13.2 Å². The molecule has 0 bridgehead atoms. The Labute approximate surface area is 151 Å². The van der Waals surface area contributed by atoms with Crippen LogP contribution < -0.4 is 5.32 Å². The van der Waals surface area contributed by atoms with Gasteiger partial charge in [0.15, 0.2) is 5.13 Å². The molecule has 4 rings (SSSR count). The summed E-state index contributed by atoms with van der Waals surface area (Å²) in [6.07, 6.45) is -0.661. The minimum absolute atomic E-state index is 0.552. The van der Waals surface area contributed by atoms with Crippen molar-refractivity contribution in [1.29, 1.82) is 0 Å². The minimum Gasteiger partial charge on any atom is -0.332 e. The number of halogens is 3. The fraction of sp³-hybridized carbons (Fsp3) is 0.111. The topological polar surface area (TPSA) is 42.2 Å². The van der Waals surface area contributed by atoms with Crippen molar-refractivity contribution < 1.29 is 13.2 Å². The van der Waals surface area contributed by atoms with Crippen LogP contribution in [0.15, 0.2) is 54.9 Å². The molecule has 0 amide bonds. The lowest BCUT2D eigenvalue weighted by atomic mass is 10.2. The van der Waals surface area contributed by atoms with Crippen molar-refractivity contribution in [2.75, 3.05) is 5.32 Å². The third kappa shape index (κ3) is 3.03. The number of nitrogens with one attached hydrogen (secondary N) is 1. The largest absolute Gasteiger partial charge is 0.416 e. The highest BCUT2D eigenvalue weighted by Gasteiger charge is 2.30. The number of aryl methyl sites for hydroxylation is 1. The molecule has 132 valence electrons. The van der Waals surface area contributed by atoms with Gasteiger partial charge in [0.1, 0.15) is 11.3 Å². The molecule has 0 aliphatic heterocycles. The molecule has 1 aromatic carbocycles. The van der Waals surface area contributed by atoms with E-state index in [0.29, 0.717) is 10.8 Å². The second-order valence-electron chi connectivity index (χ2n) is 5.70. The molecule has 8 heteroatoms. The number of imidazole rings is 1. The number of fused-ring (bicyclic) bond motifs is 1. The van der Waals surface area contributed by atoms with E-state index in [4.69, 9.17) is 0 Å². The second kappa shape index (κ2) is 6.14. The van der Waals surface area contributed by atoms with Gasteiger partial charge in [0.25, 0.3) is 0 Å².